The predicted molar refractivity (Wildman–Crippen MR) is 139 cm³/mol. The Balaban J connectivity index is 1.39. The van der Waals surface area contributed by atoms with Gasteiger partial charge in [0.05, 0.1) is 39.9 Å². The highest BCUT2D eigenvalue weighted by Crippen LogP contribution is 2.45. The summed E-state index contributed by atoms with van der Waals surface area (Å²) in [5, 5.41) is 38.1. The van der Waals surface area contributed by atoms with E-state index in [1.807, 2.05) is 19.2 Å². The molecule has 10 heteroatoms. The average molecular weight is 506 g/mol. The Morgan fingerprint density at radius 3 is 2.69 bits per heavy atom. The minimum absolute atomic E-state index is 0.201. The molecular formula is C26H31N7O2S. The lowest BCUT2D eigenvalue weighted by atomic mass is 10.0. The summed E-state index contributed by atoms with van der Waals surface area (Å²) >= 11 is 1.59. The van der Waals surface area contributed by atoms with Gasteiger partial charge in [-0.05, 0) is 57.9 Å². The van der Waals surface area contributed by atoms with Gasteiger partial charge in [0, 0.05) is 30.5 Å². The van der Waals surface area contributed by atoms with Crippen LogP contribution in [0.4, 0.5) is 11.8 Å². The van der Waals surface area contributed by atoms with Gasteiger partial charge >= 0.3 is 0 Å². The van der Waals surface area contributed by atoms with Gasteiger partial charge < -0.3 is 20.8 Å². The number of nitrogens with one attached hydrogen (secondary N) is 2. The summed E-state index contributed by atoms with van der Waals surface area (Å²) in [5.74, 6) is 1.97. The van der Waals surface area contributed by atoms with Crippen LogP contribution < -0.4 is 10.6 Å². The number of pyridine rings is 1. The lowest BCUT2D eigenvalue weighted by Crippen LogP contribution is -2.35. The van der Waals surface area contributed by atoms with Crippen molar-refractivity contribution >= 4 is 33.3 Å². The van der Waals surface area contributed by atoms with Crippen LogP contribution in [0.2, 0.25) is 0 Å². The fraction of sp³-hybridized carbons (Fsp3) is 0.577. The van der Waals surface area contributed by atoms with Gasteiger partial charge in [0.15, 0.2) is 0 Å². The first-order chi connectivity index (χ1) is 17.4. The summed E-state index contributed by atoms with van der Waals surface area (Å²) in [6, 6.07) is 3.97. The molecule has 0 amide bonds. The maximum absolute atomic E-state index is 10.8. The number of thiazole rings is 1. The number of nitriles is 1. The van der Waals surface area contributed by atoms with Crippen LogP contribution in [0.5, 0.6) is 0 Å². The molecular weight excluding hydrogens is 474 g/mol. The third-order valence-electron chi connectivity index (χ3n) is 7.77. The van der Waals surface area contributed by atoms with Gasteiger partial charge in [-0.25, -0.2) is 9.97 Å². The normalized spacial score (nSPS) is 26.6. The molecule has 188 valence electrons. The number of anilines is 2. The molecule has 0 radical (unpaired) electrons. The van der Waals surface area contributed by atoms with E-state index in [1.165, 1.54) is 12.8 Å². The van der Waals surface area contributed by atoms with Crippen molar-refractivity contribution in [3.8, 4) is 16.6 Å². The van der Waals surface area contributed by atoms with Crippen molar-refractivity contribution in [3.63, 3.8) is 0 Å². The van der Waals surface area contributed by atoms with Gasteiger partial charge in [0.2, 0.25) is 5.95 Å². The monoisotopic (exact) mass is 505 g/mol. The second kappa shape index (κ2) is 9.21. The van der Waals surface area contributed by atoms with Crippen LogP contribution in [-0.4, -0.2) is 54.4 Å². The van der Waals surface area contributed by atoms with E-state index >= 15 is 0 Å². The van der Waals surface area contributed by atoms with Crippen molar-refractivity contribution in [2.24, 2.45) is 11.8 Å². The summed E-state index contributed by atoms with van der Waals surface area (Å²) in [6.45, 7) is 4.11. The summed E-state index contributed by atoms with van der Waals surface area (Å²) in [5.41, 5.74) is 3.60. The molecule has 3 heterocycles. The van der Waals surface area contributed by atoms with E-state index in [4.69, 9.17) is 20.2 Å². The number of hydrogen-bond donors (Lipinski definition) is 4. The Labute approximate surface area is 214 Å². The summed E-state index contributed by atoms with van der Waals surface area (Å²) in [6.07, 6.45) is 5.33. The molecule has 6 rings (SSSR count). The highest BCUT2D eigenvalue weighted by molar-refractivity contribution is 7.21. The number of hydrogen-bond acceptors (Lipinski definition) is 10. The van der Waals surface area contributed by atoms with Gasteiger partial charge in [-0.2, -0.15) is 10.2 Å². The highest BCUT2D eigenvalue weighted by Gasteiger charge is 2.42. The molecule has 3 saturated carbocycles. The van der Waals surface area contributed by atoms with Gasteiger partial charge in [0.1, 0.15) is 22.4 Å². The third kappa shape index (κ3) is 4.40. The lowest BCUT2D eigenvalue weighted by molar-refractivity contribution is 0.0183. The summed E-state index contributed by atoms with van der Waals surface area (Å²) < 4.78 is 1.09. The molecule has 3 fully saturated rings. The minimum Gasteiger partial charge on any atom is -0.390 e. The van der Waals surface area contributed by atoms with Crippen molar-refractivity contribution in [3.05, 3.63) is 23.7 Å². The molecule has 3 aliphatic carbocycles. The van der Waals surface area contributed by atoms with Crippen LogP contribution in [0.25, 0.3) is 20.8 Å². The molecule has 36 heavy (non-hydrogen) atoms. The van der Waals surface area contributed by atoms with Gasteiger partial charge in [-0.3, -0.25) is 4.98 Å². The van der Waals surface area contributed by atoms with E-state index in [9.17, 15) is 10.2 Å². The van der Waals surface area contributed by atoms with E-state index in [-0.39, 0.29) is 18.4 Å². The topological polar surface area (TPSA) is 140 Å². The molecule has 0 unspecified atom stereocenters. The first-order valence-corrected chi connectivity index (χ1v) is 13.6. The van der Waals surface area contributed by atoms with Crippen molar-refractivity contribution < 1.29 is 10.2 Å². The van der Waals surface area contributed by atoms with Crippen molar-refractivity contribution in [2.45, 2.75) is 82.6 Å². The maximum Gasteiger partial charge on any atom is 0.225 e. The number of nitrogens with zero attached hydrogens (tertiary/aromatic N) is 5. The zero-order chi connectivity index (χ0) is 25.0. The van der Waals surface area contributed by atoms with Crippen molar-refractivity contribution in [1.29, 1.82) is 5.26 Å². The second-order valence-corrected chi connectivity index (χ2v) is 11.6. The lowest BCUT2D eigenvalue weighted by Gasteiger charge is -2.22. The Bertz CT molecular complexity index is 1330. The number of rotatable bonds is 8. The van der Waals surface area contributed by atoms with E-state index in [0.717, 1.165) is 45.0 Å². The quantitative estimate of drug-likeness (QED) is 0.358. The predicted octanol–water partition coefficient (Wildman–Crippen LogP) is 3.98. The maximum atomic E-state index is 10.8. The average Bonchev–Trinajstić information content (AvgIpc) is 3.77. The Hall–Kier alpha value is -2.87. The molecule has 5 atom stereocenters. The Morgan fingerprint density at radius 1 is 1.17 bits per heavy atom. The summed E-state index contributed by atoms with van der Waals surface area (Å²) in [4.78, 5) is 19.3. The fourth-order valence-corrected chi connectivity index (χ4v) is 6.38. The SMILES string of the molecule is Cc1nc(N[C@H](C)C2CC2)nc(N[C@@H]2C[C@H](CC#N)[C@@H](O)[C@H]2O)c1-c1nc2c(C3CC3)nccc2s1. The smallest absolute Gasteiger partial charge is 0.225 e. The van der Waals surface area contributed by atoms with E-state index in [0.29, 0.717) is 30.0 Å². The first kappa shape index (κ1) is 23.5. The van der Waals surface area contributed by atoms with Crippen molar-refractivity contribution in [1.82, 2.24) is 19.9 Å². The molecule has 3 aliphatic rings. The van der Waals surface area contributed by atoms with Crippen LogP contribution in [0, 0.1) is 30.1 Å². The molecule has 3 aromatic heterocycles. The fourth-order valence-electron chi connectivity index (χ4n) is 5.32. The Morgan fingerprint density at radius 2 is 1.97 bits per heavy atom. The minimum atomic E-state index is -0.991. The molecule has 0 bridgehead atoms. The Kier molecular flexibility index (Phi) is 6.02. The number of aryl methyl sites for hydroxylation is 1. The van der Waals surface area contributed by atoms with Gasteiger partial charge in [-0.15, -0.1) is 11.3 Å². The number of aromatic nitrogens is 4. The van der Waals surface area contributed by atoms with Crippen LogP contribution in [0.1, 0.15) is 62.8 Å². The van der Waals surface area contributed by atoms with Gasteiger partial charge in [0.25, 0.3) is 0 Å². The third-order valence-corrected chi connectivity index (χ3v) is 8.80. The number of aliphatic hydroxyl groups is 2. The van der Waals surface area contributed by atoms with Gasteiger partial charge in [-0.1, -0.05) is 0 Å². The van der Waals surface area contributed by atoms with E-state index in [2.05, 4.69) is 28.6 Å². The molecule has 0 aliphatic heterocycles. The summed E-state index contributed by atoms with van der Waals surface area (Å²) in [7, 11) is 0. The van der Waals surface area contributed by atoms with Crippen molar-refractivity contribution in [2.75, 3.05) is 10.6 Å². The largest absolute Gasteiger partial charge is 0.390 e. The zero-order valence-electron chi connectivity index (χ0n) is 20.5. The second-order valence-electron chi connectivity index (χ2n) is 10.6. The van der Waals surface area contributed by atoms with E-state index < -0.39 is 18.2 Å². The number of fused-ring (bicyclic) bond motifs is 1. The number of aliphatic hydroxyl groups excluding tert-OH is 2. The molecule has 0 spiro atoms. The molecule has 0 saturated heterocycles. The van der Waals surface area contributed by atoms with Crippen LogP contribution in [-0.2, 0) is 0 Å². The molecule has 0 aromatic carbocycles. The first-order valence-electron chi connectivity index (χ1n) is 12.8. The van der Waals surface area contributed by atoms with Crippen LogP contribution in [0.3, 0.4) is 0 Å². The standard InChI is InChI=1S/C26H31N7O2S/c1-12(14-3-4-14)29-26-30-13(2)19(24(33-26)31-17-11-16(7-9-27)22(34)23(17)35)25-32-21-18(36-25)8-10-28-20(21)15-5-6-15/h8,10,12,14-17,22-23,34-35H,3-7,11H2,1-2H3,(H2,29,30,31,33)/t12-,16+,17-,22-,23+/m1/s1. The van der Waals surface area contributed by atoms with Crippen LogP contribution >= 0.6 is 11.3 Å². The van der Waals surface area contributed by atoms with E-state index in [1.54, 1.807) is 11.3 Å². The van der Waals surface area contributed by atoms with Crippen LogP contribution in [0.15, 0.2) is 12.3 Å². The molecule has 9 nitrogen and oxygen atoms in total. The zero-order valence-corrected chi connectivity index (χ0v) is 21.3. The molecule has 3 aromatic rings. The molecule has 4 N–H and O–H groups in total. The highest BCUT2D eigenvalue weighted by atomic mass is 32.1.